The average Bonchev–Trinajstić information content (AvgIpc) is 3.00. The molecular weight excluding hydrogens is 405 g/mol. The summed E-state index contributed by atoms with van der Waals surface area (Å²) in [4.78, 5) is 17.3. The number of hydrogen-bond acceptors (Lipinski definition) is 3. The van der Waals surface area contributed by atoms with E-state index in [-0.39, 0.29) is 11.7 Å². The number of guanidine groups is 1. The van der Waals surface area contributed by atoms with Crippen molar-refractivity contribution in [1.82, 2.24) is 15.1 Å². The second-order valence-corrected chi connectivity index (χ2v) is 8.12. The van der Waals surface area contributed by atoms with Crippen molar-refractivity contribution in [2.24, 2.45) is 12.0 Å². The van der Waals surface area contributed by atoms with Gasteiger partial charge in [0.05, 0.1) is 5.69 Å². The first-order valence-corrected chi connectivity index (χ1v) is 10.7. The molecule has 32 heavy (non-hydrogen) atoms. The number of aliphatic imine (C=N–C) groups is 1. The maximum atomic E-state index is 13.2. The number of halogens is 1. The molecule has 7 heteroatoms. The van der Waals surface area contributed by atoms with E-state index in [1.165, 1.54) is 29.8 Å². The van der Waals surface area contributed by atoms with E-state index in [0.29, 0.717) is 30.4 Å². The fraction of sp³-hybridized carbons (Fsp3) is 0.320. The van der Waals surface area contributed by atoms with E-state index in [4.69, 9.17) is 0 Å². The maximum absolute atomic E-state index is 13.2. The summed E-state index contributed by atoms with van der Waals surface area (Å²) in [5.74, 6) is 0.0296. The van der Waals surface area contributed by atoms with Gasteiger partial charge in [-0.15, -0.1) is 0 Å². The lowest BCUT2D eigenvalue weighted by Gasteiger charge is -2.13. The molecule has 0 bridgehead atoms. The molecule has 3 aromatic rings. The summed E-state index contributed by atoms with van der Waals surface area (Å²) in [7, 11) is 1.92. The Balaban J connectivity index is 1.78. The highest BCUT2D eigenvalue weighted by Gasteiger charge is 2.12. The molecule has 0 unspecified atom stereocenters. The molecule has 2 aromatic carbocycles. The lowest BCUT2D eigenvalue weighted by Crippen LogP contribution is -2.36. The molecule has 168 valence electrons. The van der Waals surface area contributed by atoms with Gasteiger partial charge in [0.25, 0.3) is 5.91 Å². The second kappa shape index (κ2) is 10.2. The second-order valence-electron chi connectivity index (χ2n) is 8.12. The Morgan fingerprint density at radius 1 is 1.09 bits per heavy atom. The minimum Gasteiger partial charge on any atom is -0.326 e. The van der Waals surface area contributed by atoms with Crippen molar-refractivity contribution in [2.75, 3.05) is 11.9 Å². The van der Waals surface area contributed by atoms with Gasteiger partial charge in [0.2, 0.25) is 5.96 Å². The summed E-state index contributed by atoms with van der Waals surface area (Å²) < 4.78 is 15.1. The van der Waals surface area contributed by atoms with Crippen LogP contribution in [0.15, 0.2) is 53.5 Å². The number of aromatic nitrogens is 2. The smallest absolute Gasteiger partial charge is 0.257 e. The first-order valence-electron chi connectivity index (χ1n) is 10.7. The molecule has 0 fully saturated rings. The van der Waals surface area contributed by atoms with Crippen LogP contribution in [0.25, 0.3) is 0 Å². The summed E-state index contributed by atoms with van der Waals surface area (Å²) >= 11 is 0. The molecule has 0 aliphatic carbocycles. The Kier molecular flexibility index (Phi) is 7.41. The molecule has 0 atom stereocenters. The van der Waals surface area contributed by atoms with Gasteiger partial charge in [-0.2, -0.15) is 5.10 Å². The maximum Gasteiger partial charge on any atom is 0.257 e. The summed E-state index contributed by atoms with van der Waals surface area (Å²) in [5.41, 5.74) is 5.64. The summed E-state index contributed by atoms with van der Waals surface area (Å²) in [5, 5.41) is 10.5. The van der Waals surface area contributed by atoms with Gasteiger partial charge in [0, 0.05) is 30.5 Å². The van der Waals surface area contributed by atoms with Crippen molar-refractivity contribution in [2.45, 2.75) is 40.0 Å². The number of amides is 1. The highest BCUT2D eigenvalue weighted by atomic mass is 19.1. The number of anilines is 1. The predicted molar refractivity (Wildman–Crippen MR) is 127 cm³/mol. The molecule has 6 nitrogen and oxygen atoms in total. The summed E-state index contributed by atoms with van der Waals surface area (Å²) in [6.45, 7) is 8.77. The van der Waals surface area contributed by atoms with Crippen LogP contribution in [0.4, 0.5) is 10.1 Å². The fourth-order valence-corrected chi connectivity index (χ4v) is 3.44. The van der Waals surface area contributed by atoms with Crippen LogP contribution in [0.5, 0.6) is 0 Å². The minimum atomic E-state index is -0.388. The molecule has 1 amide bonds. The zero-order valence-corrected chi connectivity index (χ0v) is 19.2. The summed E-state index contributed by atoms with van der Waals surface area (Å²) in [6, 6.07) is 13.4. The van der Waals surface area contributed by atoms with Crippen LogP contribution in [0.1, 0.15) is 52.6 Å². The third-order valence-corrected chi connectivity index (χ3v) is 5.47. The van der Waals surface area contributed by atoms with E-state index in [0.717, 1.165) is 22.6 Å². The molecule has 0 aliphatic rings. The van der Waals surface area contributed by atoms with Crippen molar-refractivity contribution in [3.63, 3.8) is 0 Å². The molecule has 0 aliphatic heterocycles. The van der Waals surface area contributed by atoms with E-state index >= 15 is 0 Å². The van der Waals surface area contributed by atoms with Gasteiger partial charge in [-0.1, -0.05) is 26.0 Å². The number of nitrogens with zero attached hydrogens (tertiary/aromatic N) is 3. The molecular formula is C25H30FN5O. The Labute approximate surface area is 188 Å². The SMILES string of the molecule is Cc1nn(C)c(C)c1CCN=C(NC(=O)c1ccc(F)cc1)Nc1ccc(C(C)C)cc1. The number of aryl methyl sites for hydroxylation is 2. The average molecular weight is 436 g/mol. The topological polar surface area (TPSA) is 71.3 Å². The zero-order chi connectivity index (χ0) is 23.3. The normalized spacial score (nSPS) is 11.7. The van der Waals surface area contributed by atoms with Crippen molar-refractivity contribution in [3.05, 3.63) is 82.4 Å². The number of rotatable bonds is 6. The first kappa shape index (κ1) is 23.2. The van der Waals surface area contributed by atoms with Gasteiger partial charge in [0.1, 0.15) is 5.82 Å². The van der Waals surface area contributed by atoms with Gasteiger partial charge in [0.15, 0.2) is 0 Å². The molecule has 0 saturated heterocycles. The van der Waals surface area contributed by atoms with Crippen LogP contribution in [-0.4, -0.2) is 28.2 Å². The van der Waals surface area contributed by atoms with E-state index in [2.05, 4.69) is 46.7 Å². The predicted octanol–water partition coefficient (Wildman–Crippen LogP) is 4.74. The standard InChI is InChI=1S/C25H30FN5O/c1-16(2)19-8-12-22(13-9-19)28-25(29-24(32)20-6-10-21(26)11-7-20)27-15-14-23-17(3)30-31(5)18(23)4/h6-13,16H,14-15H2,1-5H3,(H2,27,28,29,32). The molecule has 3 rings (SSSR count). The van der Waals surface area contributed by atoms with E-state index in [1.54, 1.807) is 0 Å². The quantitative estimate of drug-likeness (QED) is 0.434. The molecule has 2 N–H and O–H groups in total. The Hall–Kier alpha value is -3.48. The minimum absolute atomic E-state index is 0.343. The van der Waals surface area contributed by atoms with Crippen LogP contribution in [0, 0.1) is 19.7 Å². The molecule has 0 saturated carbocycles. The monoisotopic (exact) mass is 435 g/mol. The number of carbonyl (C=O) groups excluding carboxylic acids is 1. The van der Waals surface area contributed by atoms with Gasteiger partial charge in [-0.05, 0) is 73.7 Å². The Bertz CT molecular complexity index is 1100. The van der Waals surface area contributed by atoms with Crippen LogP contribution in [0.3, 0.4) is 0 Å². The molecule has 0 spiro atoms. The van der Waals surface area contributed by atoms with Crippen molar-refractivity contribution in [3.8, 4) is 0 Å². The Morgan fingerprint density at radius 2 is 1.75 bits per heavy atom. The molecule has 0 radical (unpaired) electrons. The number of hydrogen-bond donors (Lipinski definition) is 2. The highest BCUT2D eigenvalue weighted by molar-refractivity contribution is 6.09. The summed E-state index contributed by atoms with van der Waals surface area (Å²) in [6.07, 6.45) is 0.704. The lowest BCUT2D eigenvalue weighted by atomic mass is 10.0. The van der Waals surface area contributed by atoms with Crippen LogP contribution in [-0.2, 0) is 13.5 Å². The van der Waals surface area contributed by atoms with Crippen molar-refractivity contribution < 1.29 is 9.18 Å². The van der Waals surface area contributed by atoms with Crippen LogP contribution in [0.2, 0.25) is 0 Å². The van der Waals surface area contributed by atoms with Gasteiger partial charge in [-0.3, -0.25) is 19.8 Å². The molecule has 1 aromatic heterocycles. The van der Waals surface area contributed by atoms with E-state index in [1.807, 2.05) is 37.7 Å². The van der Waals surface area contributed by atoms with E-state index < -0.39 is 0 Å². The largest absolute Gasteiger partial charge is 0.326 e. The third-order valence-electron chi connectivity index (χ3n) is 5.47. The van der Waals surface area contributed by atoms with Crippen molar-refractivity contribution >= 4 is 17.6 Å². The van der Waals surface area contributed by atoms with Crippen LogP contribution >= 0.6 is 0 Å². The number of carbonyl (C=O) groups is 1. The number of nitrogens with one attached hydrogen (secondary N) is 2. The van der Waals surface area contributed by atoms with Gasteiger partial charge >= 0.3 is 0 Å². The fourth-order valence-electron chi connectivity index (χ4n) is 3.44. The highest BCUT2D eigenvalue weighted by Crippen LogP contribution is 2.17. The Morgan fingerprint density at radius 3 is 2.31 bits per heavy atom. The number of benzene rings is 2. The van der Waals surface area contributed by atoms with Crippen LogP contribution < -0.4 is 10.6 Å². The zero-order valence-electron chi connectivity index (χ0n) is 19.2. The van der Waals surface area contributed by atoms with Gasteiger partial charge < -0.3 is 5.32 Å². The van der Waals surface area contributed by atoms with Gasteiger partial charge in [-0.25, -0.2) is 4.39 Å². The first-order chi connectivity index (χ1) is 15.2. The lowest BCUT2D eigenvalue weighted by molar-refractivity contribution is 0.0977. The third kappa shape index (κ3) is 5.81. The molecule has 1 heterocycles. The van der Waals surface area contributed by atoms with Crippen molar-refractivity contribution in [1.29, 1.82) is 0 Å². The van der Waals surface area contributed by atoms with E-state index in [9.17, 15) is 9.18 Å².